The Morgan fingerprint density at radius 1 is 1.25 bits per heavy atom. The summed E-state index contributed by atoms with van der Waals surface area (Å²) >= 11 is 0. The minimum absolute atomic E-state index is 0.0975. The van der Waals surface area contributed by atoms with Crippen LogP contribution in [-0.2, 0) is 6.42 Å². The molecule has 28 heavy (non-hydrogen) atoms. The number of aromatic amines is 2. The van der Waals surface area contributed by atoms with Crippen molar-refractivity contribution in [2.75, 3.05) is 6.54 Å². The van der Waals surface area contributed by atoms with E-state index >= 15 is 0 Å². The Labute approximate surface area is 163 Å². The van der Waals surface area contributed by atoms with Crippen LogP contribution in [0.3, 0.4) is 0 Å². The first kappa shape index (κ1) is 19.6. The molecule has 0 saturated heterocycles. The van der Waals surface area contributed by atoms with Crippen molar-refractivity contribution in [2.45, 2.75) is 38.5 Å². The van der Waals surface area contributed by atoms with Crippen molar-refractivity contribution in [1.82, 2.24) is 15.3 Å². The van der Waals surface area contributed by atoms with Crippen LogP contribution in [0.15, 0.2) is 63.3 Å². The summed E-state index contributed by atoms with van der Waals surface area (Å²) in [5.41, 5.74) is 3.80. The molecular formula is C22H26N4O2. The van der Waals surface area contributed by atoms with Crippen LogP contribution >= 0.6 is 0 Å². The lowest BCUT2D eigenvalue weighted by molar-refractivity contribution is 0.572. The molecule has 0 spiro atoms. The number of hydrogen-bond acceptors (Lipinski definition) is 4. The van der Waals surface area contributed by atoms with Crippen LogP contribution in [0.1, 0.15) is 48.9 Å². The Bertz CT molecular complexity index is 999. The zero-order valence-electron chi connectivity index (χ0n) is 16.0. The van der Waals surface area contributed by atoms with Gasteiger partial charge in [0.1, 0.15) is 0 Å². The molecule has 0 amide bonds. The van der Waals surface area contributed by atoms with Crippen molar-refractivity contribution < 1.29 is 0 Å². The van der Waals surface area contributed by atoms with Gasteiger partial charge >= 0.3 is 5.69 Å². The van der Waals surface area contributed by atoms with Crippen molar-refractivity contribution in [3.8, 4) is 0 Å². The quantitative estimate of drug-likeness (QED) is 0.557. The predicted octanol–water partition coefficient (Wildman–Crippen LogP) is 2.99. The molecule has 0 saturated carbocycles. The van der Waals surface area contributed by atoms with Gasteiger partial charge in [0.25, 0.3) is 5.56 Å². The molecule has 1 aliphatic carbocycles. The van der Waals surface area contributed by atoms with E-state index in [0.717, 1.165) is 42.8 Å². The minimum atomic E-state index is -0.455. The normalized spacial score (nSPS) is 17.1. The third kappa shape index (κ3) is 4.57. The SMILES string of the molecule is CCN/C(=C\C=N)C1=CCC(c2[nH]c(=O)[nH]c(=O)c2Cc2ccccc2)CC1. The molecular weight excluding hydrogens is 352 g/mol. The van der Waals surface area contributed by atoms with E-state index in [1.807, 2.05) is 37.3 Å². The molecule has 2 aromatic rings. The summed E-state index contributed by atoms with van der Waals surface area (Å²) in [6, 6.07) is 9.81. The highest BCUT2D eigenvalue weighted by atomic mass is 16.2. The monoisotopic (exact) mass is 378 g/mol. The van der Waals surface area contributed by atoms with E-state index in [1.54, 1.807) is 6.08 Å². The molecule has 1 aliphatic rings. The van der Waals surface area contributed by atoms with Crippen molar-refractivity contribution in [3.05, 3.63) is 91.4 Å². The summed E-state index contributed by atoms with van der Waals surface area (Å²) in [6.45, 7) is 2.82. The zero-order chi connectivity index (χ0) is 19.9. The summed E-state index contributed by atoms with van der Waals surface area (Å²) in [4.78, 5) is 29.7. The van der Waals surface area contributed by atoms with E-state index in [1.165, 1.54) is 11.8 Å². The minimum Gasteiger partial charge on any atom is -0.385 e. The standard InChI is InChI=1S/C22H26N4O2/c1-2-24-19(12-13-23)16-8-10-17(11-9-16)20-18(21(27)26-22(28)25-20)14-15-6-4-3-5-7-15/h3-8,12-13,17,23-24H,2,9-11,14H2,1H3,(H2,25,26,27,28)/b19-12-,23-13?. The number of allylic oxidation sites excluding steroid dienone is 3. The molecule has 146 valence electrons. The van der Waals surface area contributed by atoms with E-state index in [0.29, 0.717) is 12.0 Å². The second kappa shape index (κ2) is 9.17. The van der Waals surface area contributed by atoms with Gasteiger partial charge in [-0.15, -0.1) is 0 Å². The lowest BCUT2D eigenvalue weighted by Crippen LogP contribution is -2.30. The highest BCUT2D eigenvalue weighted by Gasteiger charge is 2.23. The predicted molar refractivity (Wildman–Crippen MR) is 112 cm³/mol. The maximum absolute atomic E-state index is 12.5. The van der Waals surface area contributed by atoms with Crippen LogP contribution in [0.25, 0.3) is 0 Å². The Balaban J connectivity index is 1.90. The van der Waals surface area contributed by atoms with Gasteiger partial charge in [-0.2, -0.15) is 0 Å². The molecule has 6 heteroatoms. The summed E-state index contributed by atoms with van der Waals surface area (Å²) in [5.74, 6) is 0.0975. The molecule has 0 fully saturated rings. The van der Waals surface area contributed by atoms with Crippen molar-refractivity contribution in [2.24, 2.45) is 0 Å². The average molecular weight is 378 g/mol. The van der Waals surface area contributed by atoms with Gasteiger partial charge < -0.3 is 15.7 Å². The van der Waals surface area contributed by atoms with E-state index in [9.17, 15) is 9.59 Å². The Morgan fingerprint density at radius 3 is 2.68 bits per heavy atom. The van der Waals surface area contributed by atoms with Crippen LogP contribution < -0.4 is 16.6 Å². The van der Waals surface area contributed by atoms with Gasteiger partial charge in [-0.1, -0.05) is 36.4 Å². The first-order valence-electron chi connectivity index (χ1n) is 9.65. The first-order valence-corrected chi connectivity index (χ1v) is 9.65. The maximum Gasteiger partial charge on any atom is 0.325 e. The lowest BCUT2D eigenvalue weighted by atomic mass is 9.84. The summed E-state index contributed by atoms with van der Waals surface area (Å²) in [5, 5.41) is 10.6. The molecule has 4 N–H and O–H groups in total. The molecule has 0 bridgehead atoms. The fraction of sp³-hybridized carbons (Fsp3) is 0.318. The van der Waals surface area contributed by atoms with Gasteiger partial charge in [-0.05, 0) is 43.4 Å². The topological polar surface area (TPSA) is 102 Å². The molecule has 0 radical (unpaired) electrons. The zero-order valence-corrected chi connectivity index (χ0v) is 16.0. The molecule has 3 rings (SSSR count). The Morgan fingerprint density at radius 2 is 2.04 bits per heavy atom. The second-order valence-electron chi connectivity index (χ2n) is 6.94. The van der Waals surface area contributed by atoms with Crippen LogP contribution in [0.5, 0.6) is 0 Å². The average Bonchev–Trinajstić information content (AvgIpc) is 2.71. The third-order valence-electron chi connectivity index (χ3n) is 5.08. The van der Waals surface area contributed by atoms with Crippen molar-refractivity contribution >= 4 is 6.21 Å². The van der Waals surface area contributed by atoms with E-state index < -0.39 is 5.69 Å². The number of H-pyrrole nitrogens is 2. The molecule has 1 aromatic heterocycles. The van der Waals surface area contributed by atoms with Gasteiger partial charge in [-0.25, -0.2) is 4.79 Å². The second-order valence-corrected chi connectivity index (χ2v) is 6.94. The van der Waals surface area contributed by atoms with E-state index in [2.05, 4.69) is 21.4 Å². The van der Waals surface area contributed by atoms with Crippen LogP contribution in [0.4, 0.5) is 0 Å². The number of aromatic nitrogens is 2. The van der Waals surface area contributed by atoms with Gasteiger partial charge in [0.2, 0.25) is 0 Å². The molecule has 1 unspecified atom stereocenters. The number of benzene rings is 1. The number of nitrogens with one attached hydrogen (secondary N) is 4. The molecule has 0 aliphatic heterocycles. The number of hydrogen-bond donors (Lipinski definition) is 4. The van der Waals surface area contributed by atoms with Gasteiger partial charge in [0, 0.05) is 42.1 Å². The summed E-state index contributed by atoms with van der Waals surface area (Å²) < 4.78 is 0. The van der Waals surface area contributed by atoms with Gasteiger partial charge in [0.05, 0.1) is 0 Å². The fourth-order valence-corrected chi connectivity index (χ4v) is 3.75. The van der Waals surface area contributed by atoms with Gasteiger partial charge in [-0.3, -0.25) is 9.78 Å². The maximum atomic E-state index is 12.5. The number of likely N-dealkylation sites (N-methyl/N-ethyl adjacent to an activating group) is 1. The molecule has 6 nitrogen and oxygen atoms in total. The van der Waals surface area contributed by atoms with Crippen molar-refractivity contribution in [1.29, 1.82) is 5.41 Å². The summed E-state index contributed by atoms with van der Waals surface area (Å²) in [6.07, 6.45) is 8.12. The lowest BCUT2D eigenvalue weighted by Gasteiger charge is -2.25. The van der Waals surface area contributed by atoms with Gasteiger partial charge in [0.15, 0.2) is 0 Å². The van der Waals surface area contributed by atoms with Crippen LogP contribution in [-0.4, -0.2) is 22.7 Å². The largest absolute Gasteiger partial charge is 0.385 e. The highest BCUT2D eigenvalue weighted by molar-refractivity contribution is 5.70. The summed E-state index contributed by atoms with van der Waals surface area (Å²) in [7, 11) is 0. The molecule has 1 atom stereocenters. The Hall–Kier alpha value is -3.15. The van der Waals surface area contributed by atoms with Crippen LogP contribution in [0.2, 0.25) is 0 Å². The first-order chi connectivity index (χ1) is 13.6. The number of rotatable bonds is 7. The van der Waals surface area contributed by atoms with Crippen molar-refractivity contribution in [3.63, 3.8) is 0 Å². The third-order valence-corrected chi connectivity index (χ3v) is 5.08. The Kier molecular flexibility index (Phi) is 6.42. The molecule has 1 aromatic carbocycles. The van der Waals surface area contributed by atoms with E-state index in [-0.39, 0.29) is 11.5 Å². The van der Waals surface area contributed by atoms with E-state index in [4.69, 9.17) is 5.41 Å². The molecule has 1 heterocycles. The smallest absolute Gasteiger partial charge is 0.325 e. The fourth-order valence-electron chi connectivity index (χ4n) is 3.75. The highest BCUT2D eigenvalue weighted by Crippen LogP contribution is 2.34. The van der Waals surface area contributed by atoms with Crippen LogP contribution in [0, 0.1) is 5.41 Å².